The minimum absolute atomic E-state index is 0.150. The number of pyridine rings is 1. The van der Waals surface area contributed by atoms with Gasteiger partial charge in [0.1, 0.15) is 0 Å². The van der Waals surface area contributed by atoms with Crippen LogP contribution in [0.25, 0.3) is 0 Å². The highest BCUT2D eigenvalue weighted by atomic mass is 16.5. The van der Waals surface area contributed by atoms with Gasteiger partial charge in [-0.05, 0) is 30.4 Å². The van der Waals surface area contributed by atoms with Crippen LogP contribution in [0, 0.1) is 5.92 Å². The first-order chi connectivity index (χ1) is 9.52. The molecular formula is C14H19N3O3. The van der Waals surface area contributed by atoms with E-state index in [1.807, 2.05) is 6.07 Å². The number of primary amides is 1. The van der Waals surface area contributed by atoms with Crippen LogP contribution >= 0.6 is 0 Å². The standard InChI is InChI=1S/C14H19N3O3/c1-9-3-4-11(17(8-9)14(19)13(15)18)10-5-6-16-12(7-10)20-2/h5-7,9,11H,3-4,8H2,1-2H3,(H2,15,18)/t9-,11+/m0/s1. The minimum atomic E-state index is -0.912. The normalized spacial score (nSPS) is 22.4. The van der Waals surface area contributed by atoms with E-state index in [0.29, 0.717) is 18.3 Å². The fraction of sp³-hybridized carbons (Fsp3) is 0.500. The van der Waals surface area contributed by atoms with Crippen molar-refractivity contribution < 1.29 is 14.3 Å². The summed E-state index contributed by atoms with van der Waals surface area (Å²) >= 11 is 0. The Morgan fingerprint density at radius 2 is 2.20 bits per heavy atom. The maximum Gasteiger partial charge on any atom is 0.312 e. The molecule has 1 aliphatic heterocycles. The molecule has 0 bridgehead atoms. The van der Waals surface area contributed by atoms with Gasteiger partial charge in [0, 0.05) is 18.8 Å². The lowest BCUT2D eigenvalue weighted by Crippen LogP contribution is -2.46. The molecule has 1 aromatic rings. The van der Waals surface area contributed by atoms with E-state index in [2.05, 4.69) is 11.9 Å². The minimum Gasteiger partial charge on any atom is -0.481 e. The van der Waals surface area contributed by atoms with Crippen molar-refractivity contribution in [3.8, 4) is 5.88 Å². The zero-order chi connectivity index (χ0) is 14.7. The summed E-state index contributed by atoms with van der Waals surface area (Å²) in [6, 6.07) is 3.48. The van der Waals surface area contributed by atoms with Crippen molar-refractivity contribution in [1.82, 2.24) is 9.88 Å². The smallest absolute Gasteiger partial charge is 0.312 e. The van der Waals surface area contributed by atoms with E-state index in [9.17, 15) is 9.59 Å². The molecule has 0 spiro atoms. The predicted molar refractivity (Wildman–Crippen MR) is 72.8 cm³/mol. The maximum atomic E-state index is 12.0. The van der Waals surface area contributed by atoms with Gasteiger partial charge in [0.15, 0.2) is 0 Å². The molecule has 0 radical (unpaired) electrons. The lowest BCUT2D eigenvalue weighted by Gasteiger charge is -2.38. The van der Waals surface area contributed by atoms with Crippen LogP contribution in [0.15, 0.2) is 18.3 Å². The molecule has 0 unspecified atom stereocenters. The number of carbonyl (C=O) groups is 2. The summed E-state index contributed by atoms with van der Waals surface area (Å²) in [4.78, 5) is 28.8. The van der Waals surface area contributed by atoms with Crippen LogP contribution in [0.5, 0.6) is 5.88 Å². The molecule has 0 aliphatic carbocycles. The van der Waals surface area contributed by atoms with Crippen LogP contribution in [0.4, 0.5) is 0 Å². The highest BCUT2D eigenvalue weighted by molar-refractivity contribution is 6.34. The van der Waals surface area contributed by atoms with Crippen molar-refractivity contribution >= 4 is 11.8 Å². The van der Waals surface area contributed by atoms with Gasteiger partial charge < -0.3 is 15.4 Å². The van der Waals surface area contributed by atoms with E-state index in [1.54, 1.807) is 24.3 Å². The average molecular weight is 277 g/mol. The first-order valence-corrected chi connectivity index (χ1v) is 6.63. The summed E-state index contributed by atoms with van der Waals surface area (Å²) in [5.41, 5.74) is 6.06. The van der Waals surface area contributed by atoms with Gasteiger partial charge in [-0.1, -0.05) is 6.92 Å². The molecule has 108 valence electrons. The second-order valence-electron chi connectivity index (χ2n) is 5.15. The molecule has 0 saturated carbocycles. The van der Waals surface area contributed by atoms with Crippen LogP contribution in [0.2, 0.25) is 0 Å². The summed E-state index contributed by atoms with van der Waals surface area (Å²) in [5.74, 6) is -0.687. The zero-order valence-electron chi connectivity index (χ0n) is 11.7. The Hall–Kier alpha value is -2.11. The Kier molecular flexibility index (Phi) is 4.22. The molecule has 1 aliphatic rings. The number of piperidine rings is 1. The van der Waals surface area contributed by atoms with E-state index < -0.39 is 11.8 Å². The number of hydrogen-bond donors (Lipinski definition) is 1. The molecule has 0 aromatic carbocycles. The van der Waals surface area contributed by atoms with Crippen LogP contribution in [0.3, 0.4) is 0 Å². The van der Waals surface area contributed by atoms with Gasteiger partial charge in [-0.25, -0.2) is 4.98 Å². The summed E-state index contributed by atoms with van der Waals surface area (Å²) in [6.07, 6.45) is 3.43. The van der Waals surface area contributed by atoms with Gasteiger partial charge >= 0.3 is 11.8 Å². The Balaban J connectivity index is 2.30. The first-order valence-electron chi connectivity index (χ1n) is 6.63. The molecule has 1 aromatic heterocycles. The van der Waals surface area contributed by atoms with Crippen molar-refractivity contribution in [3.05, 3.63) is 23.9 Å². The molecule has 20 heavy (non-hydrogen) atoms. The Bertz CT molecular complexity index is 518. The zero-order valence-corrected chi connectivity index (χ0v) is 11.7. The maximum absolute atomic E-state index is 12.0. The van der Waals surface area contributed by atoms with Gasteiger partial charge in [-0.2, -0.15) is 0 Å². The lowest BCUT2D eigenvalue weighted by atomic mass is 9.90. The number of nitrogens with zero attached hydrogens (tertiary/aromatic N) is 2. The van der Waals surface area contributed by atoms with Crippen molar-refractivity contribution in [2.24, 2.45) is 11.7 Å². The number of methoxy groups -OCH3 is 1. The van der Waals surface area contributed by atoms with Gasteiger partial charge in [-0.15, -0.1) is 0 Å². The van der Waals surface area contributed by atoms with E-state index in [0.717, 1.165) is 18.4 Å². The van der Waals surface area contributed by atoms with Gasteiger partial charge in [0.25, 0.3) is 0 Å². The Morgan fingerprint density at radius 3 is 2.85 bits per heavy atom. The van der Waals surface area contributed by atoms with Crippen LogP contribution in [-0.4, -0.2) is 35.4 Å². The molecule has 2 heterocycles. The van der Waals surface area contributed by atoms with Gasteiger partial charge in [-0.3, -0.25) is 9.59 Å². The lowest BCUT2D eigenvalue weighted by molar-refractivity contribution is -0.147. The Morgan fingerprint density at radius 1 is 1.45 bits per heavy atom. The summed E-state index contributed by atoms with van der Waals surface area (Å²) in [5, 5.41) is 0. The largest absolute Gasteiger partial charge is 0.481 e. The first kappa shape index (κ1) is 14.3. The van der Waals surface area contributed by atoms with Gasteiger partial charge in [0.05, 0.1) is 13.2 Å². The number of amides is 2. The Labute approximate surface area is 117 Å². The van der Waals surface area contributed by atoms with Gasteiger partial charge in [0.2, 0.25) is 5.88 Å². The third-order valence-corrected chi connectivity index (χ3v) is 3.64. The van der Waals surface area contributed by atoms with E-state index >= 15 is 0 Å². The van der Waals surface area contributed by atoms with E-state index in [1.165, 1.54) is 0 Å². The average Bonchev–Trinajstić information content (AvgIpc) is 2.46. The van der Waals surface area contributed by atoms with E-state index in [-0.39, 0.29) is 6.04 Å². The molecule has 1 saturated heterocycles. The van der Waals surface area contributed by atoms with Crippen molar-refractivity contribution in [2.45, 2.75) is 25.8 Å². The second-order valence-corrected chi connectivity index (χ2v) is 5.15. The van der Waals surface area contributed by atoms with Crippen molar-refractivity contribution in [2.75, 3.05) is 13.7 Å². The number of carbonyl (C=O) groups excluding carboxylic acids is 2. The fourth-order valence-corrected chi connectivity index (χ4v) is 2.61. The molecule has 2 atom stereocenters. The quantitative estimate of drug-likeness (QED) is 0.813. The monoisotopic (exact) mass is 277 g/mol. The number of hydrogen-bond acceptors (Lipinski definition) is 4. The van der Waals surface area contributed by atoms with E-state index in [4.69, 9.17) is 10.5 Å². The third-order valence-electron chi connectivity index (χ3n) is 3.64. The fourth-order valence-electron chi connectivity index (χ4n) is 2.61. The number of aromatic nitrogens is 1. The molecular weight excluding hydrogens is 258 g/mol. The highest BCUT2D eigenvalue weighted by Crippen LogP contribution is 2.34. The van der Waals surface area contributed by atoms with Crippen LogP contribution in [-0.2, 0) is 9.59 Å². The predicted octanol–water partition coefficient (Wildman–Crippen LogP) is 0.875. The van der Waals surface area contributed by atoms with Crippen molar-refractivity contribution in [1.29, 1.82) is 0 Å². The summed E-state index contributed by atoms with van der Waals surface area (Å²) in [6.45, 7) is 2.60. The number of likely N-dealkylation sites (tertiary alicyclic amines) is 1. The summed E-state index contributed by atoms with van der Waals surface area (Å²) in [7, 11) is 1.54. The number of nitrogens with two attached hydrogens (primary N) is 1. The topological polar surface area (TPSA) is 85.5 Å². The SMILES string of the molecule is COc1cc([C@H]2CC[C@H](C)CN2C(=O)C(N)=O)ccn1. The highest BCUT2D eigenvalue weighted by Gasteiger charge is 2.33. The third kappa shape index (κ3) is 2.89. The van der Waals surface area contributed by atoms with Crippen molar-refractivity contribution in [3.63, 3.8) is 0 Å². The molecule has 2 amide bonds. The molecule has 2 rings (SSSR count). The number of rotatable bonds is 2. The number of ether oxygens (including phenoxy) is 1. The second kappa shape index (κ2) is 5.90. The molecule has 1 fully saturated rings. The summed E-state index contributed by atoms with van der Waals surface area (Å²) < 4.78 is 5.10. The molecule has 6 heteroatoms. The molecule has 2 N–H and O–H groups in total. The van der Waals surface area contributed by atoms with Crippen LogP contribution in [0.1, 0.15) is 31.4 Å². The van der Waals surface area contributed by atoms with Crippen LogP contribution < -0.4 is 10.5 Å². The molecule has 6 nitrogen and oxygen atoms in total.